The second-order valence-corrected chi connectivity index (χ2v) is 5.04. The Balaban J connectivity index is 2.95. The summed E-state index contributed by atoms with van der Waals surface area (Å²) in [6, 6.07) is 5.66. The molecule has 1 aromatic carbocycles. The first kappa shape index (κ1) is 17.3. The van der Waals surface area contributed by atoms with E-state index in [2.05, 4.69) is 18.8 Å². The summed E-state index contributed by atoms with van der Waals surface area (Å²) in [5.74, 6) is 6.01. The Labute approximate surface area is 128 Å². The second kappa shape index (κ2) is 9.20. The minimum atomic E-state index is 0.0608. The lowest BCUT2D eigenvalue weighted by Crippen LogP contribution is -2.31. The Bertz CT molecular complexity index is 526. The summed E-state index contributed by atoms with van der Waals surface area (Å²) in [7, 11) is 0. The average molecular weight is 287 g/mol. The summed E-state index contributed by atoms with van der Waals surface area (Å²) in [5, 5.41) is 8.78. The van der Waals surface area contributed by atoms with Crippen LogP contribution in [0, 0.1) is 18.8 Å². The number of carbonyl (C=O) groups excluding carboxylic acids is 1. The van der Waals surface area contributed by atoms with Gasteiger partial charge in [0.25, 0.3) is 5.91 Å². The molecule has 0 saturated carbocycles. The zero-order valence-corrected chi connectivity index (χ0v) is 13.3. The van der Waals surface area contributed by atoms with Crippen molar-refractivity contribution >= 4 is 5.91 Å². The zero-order valence-electron chi connectivity index (χ0n) is 13.3. The molecular formula is C18H25NO2. The van der Waals surface area contributed by atoms with Gasteiger partial charge in [-0.25, -0.2) is 0 Å². The van der Waals surface area contributed by atoms with Crippen molar-refractivity contribution in [3.05, 3.63) is 34.9 Å². The summed E-state index contributed by atoms with van der Waals surface area (Å²) in [4.78, 5) is 14.4. The van der Waals surface area contributed by atoms with Crippen LogP contribution in [0.15, 0.2) is 18.2 Å². The minimum absolute atomic E-state index is 0.0608. The number of rotatable bonds is 6. The molecule has 3 heteroatoms. The first-order valence-electron chi connectivity index (χ1n) is 7.63. The number of hydrogen-bond donors (Lipinski definition) is 1. The normalized spacial score (nSPS) is 9.90. The highest BCUT2D eigenvalue weighted by Gasteiger charge is 2.14. The molecule has 0 aromatic heterocycles. The molecule has 0 aliphatic carbocycles. The van der Waals surface area contributed by atoms with Crippen LogP contribution in [0.4, 0.5) is 0 Å². The van der Waals surface area contributed by atoms with E-state index in [0.29, 0.717) is 12.0 Å². The molecule has 3 nitrogen and oxygen atoms in total. The van der Waals surface area contributed by atoms with Gasteiger partial charge >= 0.3 is 0 Å². The molecule has 1 rings (SSSR count). The number of hydrogen-bond acceptors (Lipinski definition) is 2. The van der Waals surface area contributed by atoms with Crippen LogP contribution < -0.4 is 0 Å². The number of aliphatic hydroxyl groups excluding tert-OH is 1. The SMILES string of the molecule is CCCCN(CC)C(=O)c1ccc(C)c(C#CCCO)c1. The fraction of sp³-hybridized carbons (Fsp3) is 0.500. The molecule has 1 N–H and O–H groups in total. The third-order valence-corrected chi connectivity index (χ3v) is 3.39. The van der Waals surface area contributed by atoms with Crippen LogP contribution >= 0.6 is 0 Å². The standard InChI is InChI=1S/C18H25NO2/c1-4-6-12-19(5-2)18(21)17-11-10-15(3)16(14-17)9-7-8-13-20/h10-11,14,20H,4-6,8,12-13H2,1-3H3. The Morgan fingerprint density at radius 1 is 1.33 bits per heavy atom. The van der Waals surface area contributed by atoms with Crippen molar-refractivity contribution < 1.29 is 9.90 Å². The molecule has 1 amide bonds. The molecule has 21 heavy (non-hydrogen) atoms. The quantitative estimate of drug-likeness (QED) is 0.817. The number of nitrogens with zero attached hydrogens (tertiary/aromatic N) is 1. The highest BCUT2D eigenvalue weighted by Crippen LogP contribution is 2.13. The lowest BCUT2D eigenvalue weighted by molar-refractivity contribution is 0.0762. The number of aliphatic hydroxyl groups is 1. The van der Waals surface area contributed by atoms with Crippen LogP contribution in [-0.2, 0) is 0 Å². The molecule has 1 aromatic rings. The maximum Gasteiger partial charge on any atom is 0.253 e. The molecule has 0 fully saturated rings. The van der Waals surface area contributed by atoms with Gasteiger partial charge in [0.05, 0.1) is 6.61 Å². The zero-order chi connectivity index (χ0) is 15.7. The smallest absolute Gasteiger partial charge is 0.253 e. The van der Waals surface area contributed by atoms with E-state index in [-0.39, 0.29) is 12.5 Å². The Kier molecular flexibility index (Phi) is 7.56. The first-order chi connectivity index (χ1) is 10.1. The molecule has 0 radical (unpaired) electrons. The van der Waals surface area contributed by atoms with Crippen LogP contribution in [0.3, 0.4) is 0 Å². The lowest BCUT2D eigenvalue weighted by Gasteiger charge is -2.21. The van der Waals surface area contributed by atoms with Crippen molar-refractivity contribution in [1.82, 2.24) is 4.90 Å². The van der Waals surface area contributed by atoms with Gasteiger partial charge in [0.15, 0.2) is 0 Å². The molecule has 0 heterocycles. The van der Waals surface area contributed by atoms with Gasteiger partial charge < -0.3 is 10.0 Å². The van der Waals surface area contributed by atoms with Gasteiger partial charge in [0, 0.05) is 30.6 Å². The number of unbranched alkanes of at least 4 members (excludes halogenated alkanes) is 1. The number of carbonyl (C=O) groups is 1. The molecule has 0 bridgehead atoms. The van der Waals surface area contributed by atoms with Gasteiger partial charge in [-0.3, -0.25) is 4.79 Å². The molecule has 0 aliphatic rings. The van der Waals surface area contributed by atoms with E-state index >= 15 is 0 Å². The van der Waals surface area contributed by atoms with Gasteiger partial charge in [-0.2, -0.15) is 0 Å². The third kappa shape index (κ3) is 5.24. The highest BCUT2D eigenvalue weighted by atomic mass is 16.2. The molecule has 0 spiro atoms. The molecule has 0 aliphatic heterocycles. The van der Waals surface area contributed by atoms with E-state index < -0.39 is 0 Å². The largest absolute Gasteiger partial charge is 0.395 e. The summed E-state index contributed by atoms with van der Waals surface area (Å²) in [5.41, 5.74) is 2.60. The van der Waals surface area contributed by atoms with E-state index in [1.807, 2.05) is 36.9 Å². The number of aryl methyl sites for hydroxylation is 1. The Hall–Kier alpha value is -1.79. The summed E-state index contributed by atoms with van der Waals surface area (Å²) < 4.78 is 0. The van der Waals surface area contributed by atoms with E-state index in [9.17, 15) is 4.79 Å². The van der Waals surface area contributed by atoms with E-state index in [1.165, 1.54) is 0 Å². The Morgan fingerprint density at radius 2 is 2.10 bits per heavy atom. The highest BCUT2D eigenvalue weighted by molar-refractivity contribution is 5.94. The number of amides is 1. The van der Waals surface area contributed by atoms with Crippen molar-refractivity contribution in [3.63, 3.8) is 0 Å². The van der Waals surface area contributed by atoms with Crippen LogP contribution in [0.1, 0.15) is 54.6 Å². The van der Waals surface area contributed by atoms with Crippen molar-refractivity contribution in [2.24, 2.45) is 0 Å². The fourth-order valence-electron chi connectivity index (χ4n) is 2.04. The topological polar surface area (TPSA) is 40.5 Å². The summed E-state index contributed by atoms with van der Waals surface area (Å²) >= 11 is 0. The van der Waals surface area contributed by atoms with Crippen molar-refractivity contribution in [2.45, 2.75) is 40.0 Å². The maximum atomic E-state index is 12.5. The molecule has 0 atom stereocenters. The van der Waals surface area contributed by atoms with E-state index in [1.54, 1.807) is 0 Å². The van der Waals surface area contributed by atoms with Crippen LogP contribution in [0.25, 0.3) is 0 Å². The van der Waals surface area contributed by atoms with Crippen molar-refractivity contribution in [3.8, 4) is 11.8 Å². The predicted octanol–water partition coefficient (Wildman–Crippen LogP) is 2.99. The van der Waals surface area contributed by atoms with Gasteiger partial charge in [-0.15, -0.1) is 0 Å². The van der Waals surface area contributed by atoms with E-state index in [4.69, 9.17) is 5.11 Å². The lowest BCUT2D eigenvalue weighted by atomic mass is 10.0. The summed E-state index contributed by atoms with van der Waals surface area (Å²) in [6.45, 7) is 7.68. The van der Waals surface area contributed by atoms with Crippen LogP contribution in [0.2, 0.25) is 0 Å². The fourth-order valence-corrected chi connectivity index (χ4v) is 2.04. The second-order valence-electron chi connectivity index (χ2n) is 5.04. The Morgan fingerprint density at radius 3 is 2.71 bits per heavy atom. The summed E-state index contributed by atoms with van der Waals surface area (Å²) in [6.07, 6.45) is 2.55. The first-order valence-corrected chi connectivity index (χ1v) is 7.63. The van der Waals surface area contributed by atoms with Gasteiger partial charge in [-0.05, 0) is 38.0 Å². The van der Waals surface area contributed by atoms with Gasteiger partial charge in [0.2, 0.25) is 0 Å². The van der Waals surface area contributed by atoms with E-state index in [0.717, 1.165) is 37.1 Å². The van der Waals surface area contributed by atoms with Crippen LogP contribution in [-0.4, -0.2) is 35.6 Å². The van der Waals surface area contributed by atoms with Crippen LogP contribution in [0.5, 0.6) is 0 Å². The third-order valence-electron chi connectivity index (χ3n) is 3.39. The molecule has 0 saturated heterocycles. The van der Waals surface area contributed by atoms with Gasteiger partial charge in [-0.1, -0.05) is 31.3 Å². The predicted molar refractivity (Wildman–Crippen MR) is 86.2 cm³/mol. The monoisotopic (exact) mass is 287 g/mol. The molecule has 0 unspecified atom stereocenters. The number of benzene rings is 1. The average Bonchev–Trinajstić information content (AvgIpc) is 2.50. The minimum Gasteiger partial charge on any atom is -0.395 e. The van der Waals surface area contributed by atoms with Crippen molar-refractivity contribution in [1.29, 1.82) is 0 Å². The molecular weight excluding hydrogens is 262 g/mol. The molecule has 114 valence electrons. The van der Waals surface area contributed by atoms with Crippen molar-refractivity contribution in [2.75, 3.05) is 19.7 Å². The maximum absolute atomic E-state index is 12.5. The van der Waals surface area contributed by atoms with Gasteiger partial charge in [0.1, 0.15) is 0 Å².